The van der Waals surface area contributed by atoms with E-state index in [9.17, 15) is 9.59 Å². The lowest BCUT2D eigenvalue weighted by molar-refractivity contribution is -0.849. The van der Waals surface area contributed by atoms with Gasteiger partial charge in [-0.3, -0.25) is 4.79 Å². The first-order valence-corrected chi connectivity index (χ1v) is 9.92. The van der Waals surface area contributed by atoms with Gasteiger partial charge in [-0.15, -0.1) is 0 Å². The highest BCUT2D eigenvalue weighted by atomic mass is 16.4. The summed E-state index contributed by atoms with van der Waals surface area (Å²) in [7, 11) is 14.1. The number of carboxylic acid groups (broad SMARTS) is 1. The number of carboxylic acids is 1. The predicted octanol–water partition coefficient (Wildman–Crippen LogP) is 0.653. The molecule has 0 saturated heterocycles. The first kappa shape index (κ1) is 28.4. The van der Waals surface area contributed by atoms with Crippen molar-refractivity contribution in [1.29, 1.82) is 0 Å². The molecule has 3 aromatic rings. The molecular formula is C24H37N5O3+4. The van der Waals surface area contributed by atoms with Crippen LogP contribution in [0.1, 0.15) is 20.7 Å². The number of pyridine rings is 3. The van der Waals surface area contributed by atoms with Crippen LogP contribution >= 0.6 is 0 Å². The Hall–Kier alpha value is -3.65. The maximum absolute atomic E-state index is 10.6. The zero-order valence-electron chi connectivity index (χ0n) is 20.1. The van der Waals surface area contributed by atoms with Crippen molar-refractivity contribution in [3.05, 3.63) is 90.8 Å². The number of aromatic nitrogens is 3. The molecule has 172 valence electrons. The summed E-state index contributed by atoms with van der Waals surface area (Å²) in [6.07, 6.45) is 10.9. The number of primary amides is 1. The minimum Gasteiger partial charge on any atom is -0.477 e. The zero-order chi connectivity index (χ0) is 24.7. The van der Waals surface area contributed by atoms with Gasteiger partial charge in [0, 0.05) is 24.3 Å². The SMILES string of the molecule is C[N+](C)(C)C.C[n+]1cccc(C(=O)O)c1.C[n+]1cccc(C(N)=O)c1.C[n+]1ccccc1. The van der Waals surface area contributed by atoms with Crippen LogP contribution in [-0.2, 0) is 21.1 Å². The Labute approximate surface area is 191 Å². The van der Waals surface area contributed by atoms with E-state index in [4.69, 9.17) is 10.8 Å². The summed E-state index contributed by atoms with van der Waals surface area (Å²) in [6, 6.07) is 12.7. The molecule has 3 aromatic heterocycles. The van der Waals surface area contributed by atoms with Crippen LogP contribution in [0.2, 0.25) is 0 Å². The first-order chi connectivity index (χ1) is 14.8. The minimum absolute atomic E-state index is 0.310. The fourth-order valence-electron chi connectivity index (χ4n) is 1.93. The summed E-state index contributed by atoms with van der Waals surface area (Å²) < 4.78 is 6.48. The molecule has 8 nitrogen and oxygen atoms in total. The molecule has 0 aliphatic heterocycles. The molecule has 3 N–H and O–H groups in total. The van der Waals surface area contributed by atoms with Crippen LogP contribution in [0.5, 0.6) is 0 Å². The molecule has 0 unspecified atom stereocenters. The van der Waals surface area contributed by atoms with Gasteiger partial charge in [0.2, 0.25) is 0 Å². The lowest BCUT2D eigenvalue weighted by Gasteiger charge is -2.14. The molecule has 0 aliphatic rings. The van der Waals surface area contributed by atoms with Crippen molar-refractivity contribution >= 4 is 11.9 Å². The summed E-state index contributed by atoms with van der Waals surface area (Å²) in [5, 5.41) is 8.50. The van der Waals surface area contributed by atoms with Gasteiger partial charge < -0.3 is 15.3 Å². The van der Waals surface area contributed by atoms with E-state index in [0.29, 0.717) is 11.1 Å². The van der Waals surface area contributed by atoms with E-state index >= 15 is 0 Å². The molecule has 0 atom stereocenters. The average molecular weight is 444 g/mol. The maximum Gasteiger partial charge on any atom is 0.341 e. The quantitative estimate of drug-likeness (QED) is 0.450. The third kappa shape index (κ3) is 16.2. The topological polar surface area (TPSA) is 92.0 Å². The van der Waals surface area contributed by atoms with Gasteiger partial charge in [-0.2, -0.15) is 0 Å². The van der Waals surface area contributed by atoms with Crippen LogP contribution in [-0.4, -0.2) is 49.7 Å². The molecule has 0 fully saturated rings. The maximum atomic E-state index is 10.6. The Morgan fingerprint density at radius 3 is 1.34 bits per heavy atom. The van der Waals surface area contributed by atoms with E-state index in [1.54, 1.807) is 59.0 Å². The van der Waals surface area contributed by atoms with Gasteiger partial charge >= 0.3 is 5.97 Å². The Balaban J connectivity index is 0.000000415. The molecule has 8 heteroatoms. The number of nitrogens with two attached hydrogens (primary N) is 1. The molecule has 3 heterocycles. The van der Waals surface area contributed by atoms with E-state index in [1.807, 2.05) is 55.5 Å². The number of aromatic carboxylic acids is 1. The van der Waals surface area contributed by atoms with Crippen LogP contribution in [0, 0.1) is 0 Å². The van der Waals surface area contributed by atoms with Crippen LogP contribution in [0.4, 0.5) is 0 Å². The second kappa shape index (κ2) is 14.4. The third-order valence-corrected chi connectivity index (χ3v) is 3.28. The largest absolute Gasteiger partial charge is 0.477 e. The molecule has 3 rings (SSSR count). The van der Waals surface area contributed by atoms with Crippen LogP contribution in [0.15, 0.2) is 79.6 Å². The number of carbonyl (C=O) groups is 2. The number of hydrogen-bond acceptors (Lipinski definition) is 2. The number of quaternary nitrogens is 1. The molecule has 0 radical (unpaired) electrons. The Morgan fingerprint density at radius 1 is 0.719 bits per heavy atom. The number of aryl methyl sites for hydroxylation is 3. The molecule has 0 spiro atoms. The highest BCUT2D eigenvalue weighted by Gasteiger charge is 2.04. The molecule has 0 aromatic carbocycles. The van der Waals surface area contributed by atoms with Gasteiger partial charge in [-0.25, -0.2) is 18.5 Å². The second-order valence-corrected chi connectivity index (χ2v) is 8.41. The van der Waals surface area contributed by atoms with Crippen molar-refractivity contribution in [1.82, 2.24) is 0 Å². The summed E-state index contributed by atoms with van der Waals surface area (Å²) in [6.45, 7) is 0. The fraction of sp³-hybridized carbons (Fsp3) is 0.292. The smallest absolute Gasteiger partial charge is 0.341 e. The molecule has 1 amide bonds. The number of hydrogen-bond donors (Lipinski definition) is 2. The standard InChI is InChI=1S/C7H8N2O.C7H7NO2.C6H8N.C4H12N/c1-9-4-2-3-6(5-9)7(8)10;1-8-4-2-3-6(5-8)7(9)10;1-7-5-3-2-4-6-7;1-5(2,3)4/h2-5H,1H3,(H-,8,10);2-5H,1H3;2-6H,1H3;1-4H3/q;;2*+1/p+2. The molecule has 32 heavy (non-hydrogen) atoms. The van der Waals surface area contributed by atoms with Crippen molar-refractivity contribution < 1.29 is 32.9 Å². The van der Waals surface area contributed by atoms with Gasteiger partial charge in [0.1, 0.15) is 32.3 Å². The van der Waals surface area contributed by atoms with Crippen molar-refractivity contribution in [3.8, 4) is 0 Å². The van der Waals surface area contributed by atoms with Crippen molar-refractivity contribution in [3.63, 3.8) is 0 Å². The number of carbonyl (C=O) groups excluding carboxylic acids is 1. The lowest BCUT2D eigenvalue weighted by Crippen LogP contribution is -2.28. The second-order valence-electron chi connectivity index (χ2n) is 8.41. The van der Waals surface area contributed by atoms with E-state index in [1.165, 1.54) is 0 Å². The molecule has 0 aliphatic carbocycles. The average Bonchev–Trinajstić information content (AvgIpc) is 2.68. The highest BCUT2D eigenvalue weighted by molar-refractivity contribution is 5.92. The van der Waals surface area contributed by atoms with Gasteiger partial charge in [-0.1, -0.05) is 6.07 Å². The number of nitrogens with zero attached hydrogens (tertiary/aromatic N) is 4. The van der Waals surface area contributed by atoms with E-state index in [2.05, 4.69) is 28.2 Å². The Kier molecular flexibility index (Phi) is 12.7. The Morgan fingerprint density at radius 2 is 1.09 bits per heavy atom. The zero-order valence-corrected chi connectivity index (χ0v) is 20.1. The summed E-state index contributed by atoms with van der Waals surface area (Å²) in [5.74, 6) is -1.28. The normalized spacial score (nSPS) is 9.59. The minimum atomic E-state index is -0.892. The fourth-order valence-corrected chi connectivity index (χ4v) is 1.93. The predicted molar refractivity (Wildman–Crippen MR) is 122 cm³/mol. The van der Waals surface area contributed by atoms with Crippen molar-refractivity contribution in [2.45, 2.75) is 0 Å². The van der Waals surface area contributed by atoms with E-state index in [0.717, 1.165) is 4.48 Å². The van der Waals surface area contributed by atoms with Crippen molar-refractivity contribution in [2.75, 3.05) is 28.2 Å². The number of rotatable bonds is 2. The number of amides is 1. The molecule has 0 bridgehead atoms. The van der Waals surface area contributed by atoms with Crippen LogP contribution < -0.4 is 19.4 Å². The van der Waals surface area contributed by atoms with Crippen LogP contribution in [0.3, 0.4) is 0 Å². The third-order valence-electron chi connectivity index (χ3n) is 3.28. The highest BCUT2D eigenvalue weighted by Crippen LogP contribution is 1.92. The first-order valence-electron chi connectivity index (χ1n) is 9.92. The van der Waals surface area contributed by atoms with E-state index in [-0.39, 0.29) is 0 Å². The summed E-state index contributed by atoms with van der Waals surface area (Å²) in [4.78, 5) is 20.9. The van der Waals surface area contributed by atoms with E-state index < -0.39 is 11.9 Å². The Bertz CT molecular complexity index is 909. The molecule has 0 saturated carbocycles. The van der Waals surface area contributed by atoms with Gasteiger partial charge in [-0.05, 0) is 12.1 Å². The van der Waals surface area contributed by atoms with Crippen LogP contribution in [0.25, 0.3) is 0 Å². The monoisotopic (exact) mass is 443 g/mol. The van der Waals surface area contributed by atoms with Gasteiger partial charge in [0.05, 0.1) is 28.2 Å². The lowest BCUT2D eigenvalue weighted by atomic mass is 10.3. The van der Waals surface area contributed by atoms with Gasteiger partial charge in [0.25, 0.3) is 5.91 Å². The summed E-state index contributed by atoms with van der Waals surface area (Å²) >= 11 is 0. The molecular weight excluding hydrogens is 406 g/mol. The van der Waals surface area contributed by atoms with Crippen molar-refractivity contribution in [2.24, 2.45) is 26.9 Å². The van der Waals surface area contributed by atoms with Gasteiger partial charge in [0.15, 0.2) is 37.2 Å². The summed E-state index contributed by atoms with van der Waals surface area (Å²) in [5.41, 5.74) is 5.87.